The fraction of sp³-hybridized carbons (Fsp3) is 0.346. The van der Waals surface area contributed by atoms with Gasteiger partial charge in [0.15, 0.2) is 0 Å². The number of nitrogens with zero attached hydrogens (tertiary/aromatic N) is 1. The van der Waals surface area contributed by atoms with Gasteiger partial charge in [-0.05, 0) is 55.3 Å². The van der Waals surface area contributed by atoms with Crippen LogP contribution in [0.1, 0.15) is 42.7 Å². The molecular formula is C26H30N2O3. The van der Waals surface area contributed by atoms with E-state index in [-0.39, 0.29) is 24.2 Å². The van der Waals surface area contributed by atoms with Crippen LogP contribution >= 0.6 is 0 Å². The number of hydrogen-bond donors (Lipinski definition) is 1. The minimum absolute atomic E-state index is 0.0170. The average molecular weight is 419 g/mol. The Morgan fingerprint density at radius 2 is 1.90 bits per heavy atom. The van der Waals surface area contributed by atoms with E-state index in [4.69, 9.17) is 9.47 Å². The number of esters is 1. The van der Waals surface area contributed by atoms with E-state index in [1.54, 1.807) is 6.07 Å². The Hall–Kier alpha value is -3.05. The largest absolute Gasteiger partial charge is 0.485 e. The summed E-state index contributed by atoms with van der Waals surface area (Å²) in [6.07, 6.45) is -0.125. The van der Waals surface area contributed by atoms with Gasteiger partial charge < -0.3 is 19.7 Å². The van der Waals surface area contributed by atoms with Gasteiger partial charge in [-0.2, -0.15) is 0 Å². The van der Waals surface area contributed by atoms with Crippen LogP contribution in [-0.2, 0) is 4.74 Å². The minimum Gasteiger partial charge on any atom is -0.485 e. The maximum absolute atomic E-state index is 12.2. The van der Waals surface area contributed by atoms with Crippen molar-refractivity contribution in [2.75, 3.05) is 25.0 Å². The molecule has 1 N–H and O–H groups in total. The number of benzene rings is 3. The molecule has 0 bridgehead atoms. The van der Waals surface area contributed by atoms with Crippen LogP contribution in [0.5, 0.6) is 5.75 Å². The summed E-state index contributed by atoms with van der Waals surface area (Å²) in [4.78, 5) is 14.4. The molecule has 0 saturated carbocycles. The van der Waals surface area contributed by atoms with Crippen molar-refractivity contribution in [2.45, 2.75) is 39.0 Å². The van der Waals surface area contributed by atoms with E-state index in [1.165, 1.54) is 16.3 Å². The summed E-state index contributed by atoms with van der Waals surface area (Å²) in [5.74, 6) is 0.485. The third-order valence-electron chi connectivity index (χ3n) is 5.66. The number of carbonyl (C=O) groups is 1. The van der Waals surface area contributed by atoms with E-state index in [0.29, 0.717) is 5.56 Å². The van der Waals surface area contributed by atoms with Crippen LogP contribution in [0.2, 0.25) is 0 Å². The third kappa shape index (κ3) is 4.67. The quantitative estimate of drug-likeness (QED) is 0.574. The first kappa shape index (κ1) is 21.2. The van der Waals surface area contributed by atoms with Gasteiger partial charge in [-0.1, -0.05) is 42.5 Å². The van der Waals surface area contributed by atoms with E-state index in [0.717, 1.165) is 24.5 Å². The molecule has 162 valence electrons. The van der Waals surface area contributed by atoms with E-state index in [2.05, 4.69) is 59.6 Å². The Morgan fingerprint density at radius 3 is 2.71 bits per heavy atom. The van der Waals surface area contributed by atoms with Crippen LogP contribution in [0.3, 0.4) is 0 Å². The van der Waals surface area contributed by atoms with Crippen LogP contribution in [0.25, 0.3) is 10.8 Å². The summed E-state index contributed by atoms with van der Waals surface area (Å²) in [5, 5.41) is 6.17. The highest BCUT2D eigenvalue weighted by molar-refractivity contribution is 5.91. The maximum atomic E-state index is 12.2. The highest BCUT2D eigenvalue weighted by Gasteiger charge is 2.25. The summed E-state index contributed by atoms with van der Waals surface area (Å²) in [6.45, 7) is 7.36. The predicted molar refractivity (Wildman–Crippen MR) is 125 cm³/mol. The molecule has 3 aromatic carbocycles. The Labute approximate surface area is 184 Å². The minimum atomic E-state index is -0.307. The summed E-state index contributed by atoms with van der Waals surface area (Å²) >= 11 is 0. The Balaban J connectivity index is 1.43. The molecule has 0 aliphatic carbocycles. The van der Waals surface area contributed by atoms with Gasteiger partial charge in [-0.25, -0.2) is 4.79 Å². The first-order valence-corrected chi connectivity index (χ1v) is 10.9. The maximum Gasteiger partial charge on any atom is 0.338 e. The van der Waals surface area contributed by atoms with Gasteiger partial charge in [0.25, 0.3) is 0 Å². The predicted octanol–water partition coefficient (Wildman–Crippen LogP) is 4.95. The van der Waals surface area contributed by atoms with Crippen LogP contribution in [-0.4, -0.2) is 38.3 Å². The summed E-state index contributed by atoms with van der Waals surface area (Å²) in [7, 11) is 2.03. The molecule has 4 rings (SSSR count). The van der Waals surface area contributed by atoms with Crippen molar-refractivity contribution in [2.24, 2.45) is 0 Å². The molecule has 31 heavy (non-hydrogen) atoms. The molecule has 0 saturated heterocycles. The summed E-state index contributed by atoms with van der Waals surface area (Å²) in [6, 6.07) is 20.6. The monoisotopic (exact) mass is 418 g/mol. The zero-order valence-electron chi connectivity index (χ0n) is 18.6. The number of hydrogen-bond acceptors (Lipinski definition) is 5. The zero-order valence-corrected chi connectivity index (χ0v) is 18.6. The van der Waals surface area contributed by atoms with Crippen LogP contribution in [0.4, 0.5) is 5.69 Å². The van der Waals surface area contributed by atoms with Crippen LogP contribution in [0, 0.1) is 0 Å². The summed E-state index contributed by atoms with van der Waals surface area (Å²) in [5.41, 5.74) is 2.75. The van der Waals surface area contributed by atoms with Gasteiger partial charge in [0.2, 0.25) is 0 Å². The topological polar surface area (TPSA) is 50.8 Å². The lowest BCUT2D eigenvalue weighted by atomic mass is 9.99. The van der Waals surface area contributed by atoms with Gasteiger partial charge in [0.1, 0.15) is 11.9 Å². The highest BCUT2D eigenvalue weighted by Crippen LogP contribution is 2.34. The normalized spacial score (nSPS) is 16.7. The number of likely N-dealkylation sites (N-methyl/N-ethyl adjacent to an activating group) is 1. The molecule has 1 aliphatic heterocycles. The Morgan fingerprint density at radius 1 is 1.13 bits per heavy atom. The van der Waals surface area contributed by atoms with Crippen molar-refractivity contribution in [1.29, 1.82) is 0 Å². The summed E-state index contributed by atoms with van der Waals surface area (Å²) < 4.78 is 11.5. The van der Waals surface area contributed by atoms with E-state index in [1.807, 2.05) is 33.0 Å². The highest BCUT2D eigenvalue weighted by atomic mass is 16.5. The van der Waals surface area contributed by atoms with Crippen molar-refractivity contribution in [3.8, 4) is 5.75 Å². The average Bonchev–Trinajstić information content (AvgIpc) is 2.76. The van der Waals surface area contributed by atoms with E-state index >= 15 is 0 Å². The van der Waals surface area contributed by atoms with Crippen molar-refractivity contribution in [1.82, 2.24) is 5.32 Å². The Bertz CT molecular complexity index is 1070. The van der Waals surface area contributed by atoms with Crippen molar-refractivity contribution in [3.63, 3.8) is 0 Å². The standard InChI is InChI=1S/C26H30N2O3/c1-17(2)30-26(29)20-12-13-25-24(14-20)28(4)16-21(31-25)15-27-18(3)22-11-7-9-19-8-5-6-10-23(19)22/h5-14,17-18,21,27H,15-16H2,1-4H3. The van der Waals surface area contributed by atoms with Gasteiger partial charge in [0.05, 0.1) is 23.9 Å². The molecule has 0 spiro atoms. The van der Waals surface area contributed by atoms with Crippen LogP contribution < -0.4 is 15.0 Å². The van der Waals surface area contributed by atoms with Gasteiger partial charge in [0, 0.05) is 19.6 Å². The lowest BCUT2D eigenvalue weighted by Crippen LogP contribution is -2.44. The number of fused-ring (bicyclic) bond motifs is 2. The Kier molecular flexibility index (Phi) is 6.14. The van der Waals surface area contributed by atoms with Crippen molar-refractivity contribution < 1.29 is 14.3 Å². The molecule has 0 radical (unpaired) electrons. The number of anilines is 1. The number of nitrogens with one attached hydrogen (secondary N) is 1. The van der Waals surface area contributed by atoms with Crippen LogP contribution in [0.15, 0.2) is 60.7 Å². The van der Waals surface area contributed by atoms with Gasteiger partial charge >= 0.3 is 5.97 Å². The number of rotatable bonds is 6. The molecule has 2 atom stereocenters. The van der Waals surface area contributed by atoms with Crippen molar-refractivity contribution in [3.05, 3.63) is 71.8 Å². The molecule has 0 aromatic heterocycles. The fourth-order valence-electron chi connectivity index (χ4n) is 4.10. The molecule has 3 aromatic rings. The SMILES string of the molecule is CC(C)OC(=O)c1ccc2c(c1)N(C)CC(CNC(C)c1cccc3ccccc13)O2. The molecule has 1 heterocycles. The number of ether oxygens (including phenoxy) is 2. The zero-order chi connectivity index (χ0) is 22.0. The van der Waals surface area contributed by atoms with Crippen molar-refractivity contribution >= 4 is 22.4 Å². The molecule has 2 unspecified atom stereocenters. The van der Waals surface area contributed by atoms with Gasteiger partial charge in [-0.3, -0.25) is 0 Å². The first-order chi connectivity index (χ1) is 14.9. The number of carbonyl (C=O) groups excluding carboxylic acids is 1. The lowest BCUT2D eigenvalue weighted by molar-refractivity contribution is 0.0378. The molecular weight excluding hydrogens is 388 g/mol. The lowest BCUT2D eigenvalue weighted by Gasteiger charge is -2.34. The second-order valence-corrected chi connectivity index (χ2v) is 8.46. The second-order valence-electron chi connectivity index (χ2n) is 8.46. The smallest absolute Gasteiger partial charge is 0.338 e. The molecule has 1 aliphatic rings. The first-order valence-electron chi connectivity index (χ1n) is 10.9. The second kappa shape index (κ2) is 8.98. The third-order valence-corrected chi connectivity index (χ3v) is 5.66. The van der Waals surface area contributed by atoms with Gasteiger partial charge in [-0.15, -0.1) is 0 Å². The molecule has 0 amide bonds. The van der Waals surface area contributed by atoms with E-state index < -0.39 is 0 Å². The molecule has 5 nitrogen and oxygen atoms in total. The molecule has 0 fully saturated rings. The fourth-order valence-corrected chi connectivity index (χ4v) is 4.10. The molecule has 5 heteroatoms. The van der Waals surface area contributed by atoms with E-state index in [9.17, 15) is 4.79 Å².